The lowest BCUT2D eigenvalue weighted by Gasteiger charge is -2.21. The summed E-state index contributed by atoms with van der Waals surface area (Å²) in [5.74, 6) is -2.23. The van der Waals surface area contributed by atoms with Gasteiger partial charge in [0.25, 0.3) is 0 Å². The maximum Gasteiger partial charge on any atom is 0.472 e. The van der Waals surface area contributed by atoms with Gasteiger partial charge in [0.2, 0.25) is 0 Å². The number of phosphoric ester groups is 2. The summed E-state index contributed by atoms with van der Waals surface area (Å²) < 4.78 is 68.6. The first kappa shape index (κ1) is 98.0. The Morgan fingerprint density at radius 3 is 0.833 bits per heavy atom. The molecule has 0 bridgehead atoms. The number of phosphoric acid groups is 2. The molecule has 0 saturated carbocycles. The number of unbranched alkanes of at least 4 members (excludes halogenated alkanes) is 34. The van der Waals surface area contributed by atoms with Crippen molar-refractivity contribution in [2.24, 2.45) is 0 Å². The van der Waals surface area contributed by atoms with Crippen LogP contribution >= 0.6 is 15.6 Å². The monoisotopic (exact) mass is 1480 g/mol. The Kier molecular flexibility index (Phi) is 72.3. The normalized spacial score (nSPS) is 14.4. The lowest BCUT2D eigenvalue weighted by molar-refractivity contribution is -0.161. The van der Waals surface area contributed by atoms with Crippen molar-refractivity contribution in [1.82, 2.24) is 0 Å². The van der Waals surface area contributed by atoms with Crippen LogP contribution < -0.4 is 0 Å². The van der Waals surface area contributed by atoms with Crippen molar-refractivity contribution in [3.8, 4) is 0 Å². The van der Waals surface area contributed by atoms with Gasteiger partial charge in [-0.3, -0.25) is 37.3 Å². The summed E-state index contributed by atoms with van der Waals surface area (Å²) in [5, 5.41) is 10.6. The second-order valence-electron chi connectivity index (χ2n) is 27.0. The molecule has 0 heterocycles. The van der Waals surface area contributed by atoms with Gasteiger partial charge >= 0.3 is 39.5 Å². The minimum absolute atomic E-state index is 0.0823. The number of aliphatic hydroxyl groups is 1. The largest absolute Gasteiger partial charge is 0.472 e. The molecule has 19 heteroatoms. The van der Waals surface area contributed by atoms with E-state index in [-0.39, 0.29) is 25.7 Å². The first-order valence-electron chi connectivity index (χ1n) is 40.5. The third kappa shape index (κ3) is 74.3. The number of esters is 4. The SMILES string of the molecule is CC/C=C\C/C=C\C/C=C\C/C=C\CCCCC(=O)OCC(COP(=O)(O)OCC(O)COP(=O)(O)OCC(COC(=O)CCCCCCCC/C=C\C/C=C\C/C=C\CCCCC)OC(=O)CCCCCCC/C=C\CCCCCCCC)OC(=O)CCCCCCCCCCCCCCC. The highest BCUT2D eigenvalue weighted by Crippen LogP contribution is 2.45. The second kappa shape index (κ2) is 75.2. The van der Waals surface area contributed by atoms with Crippen molar-refractivity contribution in [2.75, 3.05) is 39.6 Å². The van der Waals surface area contributed by atoms with Gasteiger partial charge in [-0.25, -0.2) is 9.13 Å². The van der Waals surface area contributed by atoms with E-state index in [1.807, 2.05) is 0 Å². The minimum atomic E-state index is -4.98. The molecule has 0 fully saturated rings. The van der Waals surface area contributed by atoms with Crippen LogP contribution in [0.4, 0.5) is 0 Å². The van der Waals surface area contributed by atoms with E-state index in [1.54, 1.807) is 0 Å². The molecule has 0 aromatic heterocycles. The smallest absolute Gasteiger partial charge is 0.462 e. The Labute approximate surface area is 620 Å². The Hall–Kier alpha value is -4.02. The van der Waals surface area contributed by atoms with Gasteiger partial charge < -0.3 is 33.8 Å². The molecule has 0 spiro atoms. The van der Waals surface area contributed by atoms with Crippen LogP contribution in [-0.2, 0) is 65.4 Å². The molecule has 5 unspecified atom stereocenters. The summed E-state index contributed by atoms with van der Waals surface area (Å²) in [6.45, 7) is 4.70. The van der Waals surface area contributed by atoms with Gasteiger partial charge in [0, 0.05) is 25.7 Å². The quantitative estimate of drug-likeness (QED) is 0.0169. The molecule has 5 atom stereocenters. The number of carbonyl (C=O) groups is 4. The minimum Gasteiger partial charge on any atom is -0.462 e. The maximum atomic E-state index is 13.1. The number of rotatable bonds is 76. The first-order chi connectivity index (χ1) is 49.7. The molecular weight excluding hydrogens is 1330 g/mol. The fraction of sp³-hybridized carbons (Fsp3) is 0.759. The summed E-state index contributed by atoms with van der Waals surface area (Å²) in [5.41, 5.74) is 0. The van der Waals surface area contributed by atoms with Crippen LogP contribution in [0.5, 0.6) is 0 Å². The number of ether oxygens (including phenoxy) is 4. The Balaban J connectivity index is 5.37. The van der Waals surface area contributed by atoms with Crippen LogP contribution in [0, 0.1) is 0 Å². The summed E-state index contributed by atoms with van der Waals surface area (Å²) in [7, 11) is -9.96. The average Bonchev–Trinajstić information content (AvgIpc) is 0.909. The number of carbonyl (C=O) groups excluding carboxylic acids is 4. The van der Waals surface area contributed by atoms with Gasteiger partial charge in [0.15, 0.2) is 12.2 Å². The molecule has 3 N–H and O–H groups in total. The summed E-state index contributed by atoms with van der Waals surface area (Å²) in [6.07, 6.45) is 79.5. The lowest BCUT2D eigenvalue weighted by Crippen LogP contribution is -2.30. The zero-order chi connectivity index (χ0) is 74.6. The van der Waals surface area contributed by atoms with E-state index in [0.717, 1.165) is 161 Å². The molecule has 0 aromatic rings. The predicted octanol–water partition coefficient (Wildman–Crippen LogP) is 23.6. The van der Waals surface area contributed by atoms with Crippen LogP contribution in [0.25, 0.3) is 0 Å². The van der Waals surface area contributed by atoms with Gasteiger partial charge in [-0.2, -0.15) is 0 Å². The van der Waals surface area contributed by atoms with E-state index < -0.39 is 97.5 Å². The number of allylic oxidation sites excluding steroid dienone is 16. The van der Waals surface area contributed by atoms with Gasteiger partial charge in [-0.15, -0.1) is 0 Å². The fourth-order valence-electron chi connectivity index (χ4n) is 10.9. The van der Waals surface area contributed by atoms with Crippen LogP contribution in [0.3, 0.4) is 0 Å². The van der Waals surface area contributed by atoms with Crippen molar-refractivity contribution >= 4 is 39.5 Å². The first-order valence-corrected chi connectivity index (χ1v) is 43.5. The Bertz CT molecular complexity index is 2310. The molecular formula is C83H146O17P2. The van der Waals surface area contributed by atoms with E-state index in [1.165, 1.54) is 109 Å². The van der Waals surface area contributed by atoms with Gasteiger partial charge in [0.1, 0.15) is 19.3 Å². The molecule has 590 valence electrons. The average molecular weight is 1480 g/mol. The molecule has 0 rings (SSSR count). The summed E-state index contributed by atoms with van der Waals surface area (Å²) >= 11 is 0. The van der Waals surface area contributed by atoms with E-state index >= 15 is 0 Å². The molecule has 0 saturated heterocycles. The number of aliphatic hydroxyl groups excluding tert-OH is 1. The number of hydrogen-bond acceptors (Lipinski definition) is 15. The summed E-state index contributed by atoms with van der Waals surface area (Å²) in [4.78, 5) is 73.0. The van der Waals surface area contributed by atoms with Crippen LogP contribution in [-0.4, -0.2) is 96.7 Å². The summed E-state index contributed by atoms with van der Waals surface area (Å²) in [6, 6.07) is 0. The highest BCUT2D eigenvalue weighted by atomic mass is 31.2. The van der Waals surface area contributed by atoms with Gasteiger partial charge in [-0.1, -0.05) is 292 Å². The van der Waals surface area contributed by atoms with Crippen molar-refractivity contribution in [3.63, 3.8) is 0 Å². The molecule has 0 amide bonds. The van der Waals surface area contributed by atoms with E-state index in [4.69, 9.17) is 37.0 Å². The topological polar surface area (TPSA) is 237 Å². The van der Waals surface area contributed by atoms with Crippen molar-refractivity contribution in [3.05, 3.63) is 97.2 Å². The van der Waals surface area contributed by atoms with Crippen LogP contribution in [0.2, 0.25) is 0 Å². The van der Waals surface area contributed by atoms with Crippen LogP contribution in [0.15, 0.2) is 97.2 Å². The van der Waals surface area contributed by atoms with Crippen molar-refractivity contribution in [1.29, 1.82) is 0 Å². The predicted molar refractivity (Wildman–Crippen MR) is 418 cm³/mol. The Morgan fingerprint density at radius 1 is 0.284 bits per heavy atom. The van der Waals surface area contributed by atoms with E-state index in [9.17, 15) is 43.2 Å². The van der Waals surface area contributed by atoms with Gasteiger partial charge in [0.05, 0.1) is 26.4 Å². The van der Waals surface area contributed by atoms with E-state index in [0.29, 0.717) is 25.7 Å². The standard InChI is InChI=1S/C83H146O17P2/c1-5-9-13-17-21-25-29-33-36-37-38-39-42-45-48-52-56-60-64-68-81(86)94-74-79(100-83(88)70-66-62-58-54-50-46-41-35-31-27-23-19-15-11-7-3)76-98-102(91,92)96-72-77(84)71-95-101(89,90)97-75-78(99-82(87)69-65-61-57-53-49-43-32-28-24-20-16-12-8-4)73-93-80(85)67-63-59-55-51-47-44-40-34-30-26-22-18-14-10-6-2/h10,14,21-22,25-26,33-36,38-41,47,51,77-79,84H,5-9,11-13,15-20,23-24,27-32,37,42-46,48-50,52-76H2,1-4H3,(H,89,90)(H,91,92)/b14-10-,25-21-,26-22-,36-33-,39-38-,40-34-,41-35-,51-47-. The van der Waals surface area contributed by atoms with Crippen LogP contribution in [0.1, 0.15) is 349 Å². The molecule has 0 aliphatic carbocycles. The molecule has 0 aromatic carbocycles. The highest BCUT2D eigenvalue weighted by Gasteiger charge is 2.30. The highest BCUT2D eigenvalue weighted by molar-refractivity contribution is 7.47. The zero-order valence-electron chi connectivity index (χ0n) is 64.5. The zero-order valence-corrected chi connectivity index (χ0v) is 66.3. The fourth-order valence-corrected chi connectivity index (χ4v) is 12.4. The van der Waals surface area contributed by atoms with Gasteiger partial charge in [-0.05, 0) is 128 Å². The number of hydrogen-bond donors (Lipinski definition) is 3. The van der Waals surface area contributed by atoms with Crippen molar-refractivity contribution in [2.45, 2.75) is 367 Å². The lowest BCUT2D eigenvalue weighted by atomic mass is 10.0. The second-order valence-corrected chi connectivity index (χ2v) is 29.9. The third-order valence-electron chi connectivity index (χ3n) is 17.0. The van der Waals surface area contributed by atoms with Crippen molar-refractivity contribution < 1.29 is 80.2 Å². The molecule has 0 aliphatic heterocycles. The molecule has 0 aliphatic rings. The third-order valence-corrected chi connectivity index (χ3v) is 18.9. The molecule has 17 nitrogen and oxygen atoms in total. The molecule has 102 heavy (non-hydrogen) atoms. The molecule has 0 radical (unpaired) electrons. The Morgan fingerprint density at radius 2 is 0.510 bits per heavy atom. The maximum absolute atomic E-state index is 13.1. The van der Waals surface area contributed by atoms with E-state index in [2.05, 4.69) is 125 Å².